The predicted molar refractivity (Wildman–Crippen MR) is 72.6 cm³/mol. The van der Waals surface area contributed by atoms with E-state index < -0.39 is 0 Å². The summed E-state index contributed by atoms with van der Waals surface area (Å²) in [5.41, 5.74) is 0. The van der Waals surface area contributed by atoms with Gasteiger partial charge >= 0.3 is 0 Å². The van der Waals surface area contributed by atoms with Crippen LogP contribution in [-0.2, 0) is 0 Å². The predicted octanol–water partition coefficient (Wildman–Crippen LogP) is 4.00. The van der Waals surface area contributed by atoms with E-state index in [9.17, 15) is 0 Å². The molecule has 0 amide bonds. The molecule has 2 atom stereocenters. The second kappa shape index (κ2) is 7.89. The van der Waals surface area contributed by atoms with Crippen LogP contribution < -0.4 is 5.32 Å². The van der Waals surface area contributed by atoms with Crippen LogP contribution in [-0.4, -0.2) is 13.1 Å². The number of nitrogens with one attached hydrogen (secondary N) is 1. The molecule has 1 aliphatic carbocycles. The van der Waals surface area contributed by atoms with E-state index in [-0.39, 0.29) is 0 Å². The molecular weight excluding hydrogens is 194 g/mol. The van der Waals surface area contributed by atoms with Crippen molar-refractivity contribution in [2.45, 2.75) is 52.4 Å². The Morgan fingerprint density at radius 3 is 2.56 bits per heavy atom. The minimum absolute atomic E-state index is 0.773. The molecular formula is C15H29N. The summed E-state index contributed by atoms with van der Waals surface area (Å²) in [5, 5.41) is 3.64. The highest BCUT2D eigenvalue weighted by Crippen LogP contribution is 2.32. The van der Waals surface area contributed by atoms with Gasteiger partial charge in [0.05, 0.1) is 0 Å². The van der Waals surface area contributed by atoms with Gasteiger partial charge in [-0.1, -0.05) is 39.2 Å². The number of rotatable bonds is 7. The van der Waals surface area contributed by atoms with Gasteiger partial charge in [-0.15, -0.1) is 6.58 Å². The first kappa shape index (κ1) is 13.8. The van der Waals surface area contributed by atoms with Crippen molar-refractivity contribution < 1.29 is 0 Å². The molecule has 0 saturated heterocycles. The van der Waals surface area contributed by atoms with Crippen LogP contribution in [0.25, 0.3) is 0 Å². The summed E-state index contributed by atoms with van der Waals surface area (Å²) in [5.74, 6) is 2.65. The Morgan fingerprint density at radius 2 is 1.94 bits per heavy atom. The summed E-state index contributed by atoms with van der Waals surface area (Å²) in [6.07, 6.45) is 10.4. The van der Waals surface area contributed by atoms with Crippen LogP contribution in [0.1, 0.15) is 52.4 Å². The molecule has 0 aromatic heterocycles. The molecule has 0 spiro atoms. The highest BCUT2D eigenvalue weighted by Gasteiger charge is 2.23. The maximum Gasteiger partial charge on any atom is -0.00178 e. The van der Waals surface area contributed by atoms with Crippen molar-refractivity contribution in [3.05, 3.63) is 12.7 Å². The van der Waals surface area contributed by atoms with E-state index in [0.717, 1.165) is 17.8 Å². The lowest BCUT2D eigenvalue weighted by Crippen LogP contribution is -2.32. The Hall–Kier alpha value is -0.300. The zero-order valence-electron chi connectivity index (χ0n) is 11.2. The molecule has 0 radical (unpaired) electrons. The van der Waals surface area contributed by atoms with Gasteiger partial charge in [0.25, 0.3) is 0 Å². The van der Waals surface area contributed by atoms with Gasteiger partial charge in [-0.2, -0.15) is 0 Å². The smallest absolute Gasteiger partial charge is 0.00178 e. The Balaban J connectivity index is 2.26. The largest absolute Gasteiger partial charge is 0.316 e. The van der Waals surface area contributed by atoms with Gasteiger partial charge in [0, 0.05) is 0 Å². The molecule has 0 aromatic carbocycles. The number of hydrogen-bond acceptors (Lipinski definition) is 1. The van der Waals surface area contributed by atoms with Crippen molar-refractivity contribution in [1.29, 1.82) is 0 Å². The monoisotopic (exact) mass is 223 g/mol. The normalized spacial score (nSPS) is 25.9. The van der Waals surface area contributed by atoms with Crippen LogP contribution in [0.2, 0.25) is 0 Å². The van der Waals surface area contributed by atoms with Crippen LogP contribution in [0.5, 0.6) is 0 Å². The molecule has 0 aromatic rings. The molecule has 1 rings (SSSR count). The third kappa shape index (κ3) is 5.16. The third-order valence-electron chi connectivity index (χ3n) is 3.77. The van der Waals surface area contributed by atoms with Crippen molar-refractivity contribution in [2.75, 3.05) is 13.1 Å². The van der Waals surface area contributed by atoms with Gasteiger partial charge in [-0.3, -0.25) is 0 Å². The summed E-state index contributed by atoms with van der Waals surface area (Å²) in [6, 6.07) is 0. The topological polar surface area (TPSA) is 12.0 Å². The summed E-state index contributed by atoms with van der Waals surface area (Å²) in [6.45, 7) is 10.8. The molecule has 2 unspecified atom stereocenters. The van der Waals surface area contributed by atoms with Crippen molar-refractivity contribution in [3.63, 3.8) is 0 Å². The molecule has 0 bridgehead atoms. The molecule has 16 heavy (non-hydrogen) atoms. The summed E-state index contributed by atoms with van der Waals surface area (Å²) in [4.78, 5) is 0. The Labute approximate surface area is 102 Å². The van der Waals surface area contributed by atoms with E-state index in [2.05, 4.69) is 31.8 Å². The van der Waals surface area contributed by atoms with Crippen molar-refractivity contribution >= 4 is 0 Å². The van der Waals surface area contributed by atoms with Crippen LogP contribution in [0.4, 0.5) is 0 Å². The first-order chi connectivity index (χ1) is 7.74. The lowest BCUT2D eigenvalue weighted by Gasteiger charge is -2.32. The van der Waals surface area contributed by atoms with Gasteiger partial charge in [0.1, 0.15) is 0 Å². The molecule has 1 saturated carbocycles. The van der Waals surface area contributed by atoms with E-state index in [4.69, 9.17) is 0 Å². The second-order valence-electron chi connectivity index (χ2n) is 5.72. The molecule has 1 nitrogen and oxygen atoms in total. The third-order valence-corrected chi connectivity index (χ3v) is 3.77. The fraction of sp³-hybridized carbons (Fsp3) is 0.867. The Morgan fingerprint density at radius 1 is 1.25 bits per heavy atom. The van der Waals surface area contributed by atoms with E-state index in [1.807, 2.05) is 0 Å². The average Bonchev–Trinajstić information content (AvgIpc) is 2.27. The maximum absolute atomic E-state index is 3.84. The van der Waals surface area contributed by atoms with Gasteiger partial charge in [0.2, 0.25) is 0 Å². The van der Waals surface area contributed by atoms with Gasteiger partial charge in [0.15, 0.2) is 0 Å². The van der Waals surface area contributed by atoms with E-state index in [1.165, 1.54) is 51.6 Å². The van der Waals surface area contributed by atoms with Crippen LogP contribution in [0, 0.1) is 17.8 Å². The molecule has 1 N–H and O–H groups in total. The number of hydrogen-bond donors (Lipinski definition) is 1. The van der Waals surface area contributed by atoms with Crippen molar-refractivity contribution in [2.24, 2.45) is 17.8 Å². The SMILES string of the molecule is C=CCCC1CCCCC1CNCC(C)C. The first-order valence-corrected chi connectivity index (χ1v) is 7.05. The van der Waals surface area contributed by atoms with Gasteiger partial charge in [-0.25, -0.2) is 0 Å². The summed E-state index contributed by atoms with van der Waals surface area (Å²) >= 11 is 0. The summed E-state index contributed by atoms with van der Waals surface area (Å²) < 4.78 is 0. The fourth-order valence-corrected chi connectivity index (χ4v) is 2.82. The van der Waals surface area contributed by atoms with Crippen LogP contribution in [0.15, 0.2) is 12.7 Å². The quantitative estimate of drug-likeness (QED) is 0.643. The number of allylic oxidation sites excluding steroid dienone is 1. The van der Waals surface area contributed by atoms with E-state index >= 15 is 0 Å². The summed E-state index contributed by atoms with van der Waals surface area (Å²) in [7, 11) is 0. The fourth-order valence-electron chi connectivity index (χ4n) is 2.82. The first-order valence-electron chi connectivity index (χ1n) is 7.05. The Bertz CT molecular complexity index is 186. The Kier molecular flexibility index (Phi) is 6.79. The minimum Gasteiger partial charge on any atom is -0.316 e. The lowest BCUT2D eigenvalue weighted by molar-refractivity contribution is 0.217. The van der Waals surface area contributed by atoms with Crippen molar-refractivity contribution in [3.8, 4) is 0 Å². The van der Waals surface area contributed by atoms with Gasteiger partial charge < -0.3 is 5.32 Å². The van der Waals surface area contributed by atoms with E-state index in [1.54, 1.807) is 0 Å². The average molecular weight is 223 g/mol. The molecule has 0 heterocycles. The van der Waals surface area contributed by atoms with Crippen molar-refractivity contribution in [1.82, 2.24) is 5.32 Å². The van der Waals surface area contributed by atoms with E-state index in [0.29, 0.717) is 0 Å². The minimum atomic E-state index is 0.773. The maximum atomic E-state index is 3.84. The molecule has 94 valence electrons. The molecule has 0 aliphatic heterocycles. The molecule has 1 heteroatoms. The van der Waals surface area contributed by atoms with Crippen LogP contribution >= 0.6 is 0 Å². The standard InChI is InChI=1S/C15H29N/c1-4-5-8-14-9-6-7-10-15(14)12-16-11-13(2)3/h4,13-16H,1,5-12H2,2-3H3. The zero-order chi connectivity index (χ0) is 11.8. The molecule has 1 aliphatic rings. The lowest BCUT2D eigenvalue weighted by atomic mass is 9.77. The van der Waals surface area contributed by atoms with Gasteiger partial charge in [-0.05, 0) is 50.1 Å². The zero-order valence-corrected chi connectivity index (χ0v) is 11.2. The highest BCUT2D eigenvalue weighted by molar-refractivity contribution is 4.80. The second-order valence-corrected chi connectivity index (χ2v) is 5.72. The highest BCUT2D eigenvalue weighted by atomic mass is 14.9. The molecule has 1 fully saturated rings. The van der Waals surface area contributed by atoms with Crippen LogP contribution in [0.3, 0.4) is 0 Å².